The molecule has 2 rings (SSSR count). The lowest BCUT2D eigenvalue weighted by molar-refractivity contribution is -0.114. The van der Waals surface area contributed by atoms with Crippen LogP contribution in [-0.2, 0) is 11.3 Å². The van der Waals surface area contributed by atoms with Crippen molar-refractivity contribution in [3.63, 3.8) is 0 Å². The van der Waals surface area contributed by atoms with Crippen molar-refractivity contribution in [3.8, 4) is 0 Å². The Labute approximate surface area is 88.0 Å². The second-order valence-electron chi connectivity index (χ2n) is 3.80. The lowest BCUT2D eigenvalue weighted by Crippen LogP contribution is -2.26. The van der Waals surface area contributed by atoms with Crippen LogP contribution in [0.5, 0.6) is 0 Å². The van der Waals surface area contributed by atoms with E-state index in [9.17, 15) is 4.79 Å². The third kappa shape index (κ3) is 2.76. The summed E-state index contributed by atoms with van der Waals surface area (Å²) in [6.07, 6.45) is 4.15. The molecule has 6 nitrogen and oxygen atoms in total. The molecule has 0 radical (unpaired) electrons. The van der Waals surface area contributed by atoms with E-state index < -0.39 is 0 Å². The summed E-state index contributed by atoms with van der Waals surface area (Å²) < 4.78 is 1.76. The molecule has 6 heteroatoms. The van der Waals surface area contributed by atoms with Crippen LogP contribution in [0.1, 0.15) is 19.8 Å². The normalized spacial score (nSPS) is 20.5. The van der Waals surface area contributed by atoms with E-state index in [1.165, 1.54) is 19.8 Å². The van der Waals surface area contributed by atoms with E-state index in [1.807, 2.05) is 0 Å². The Morgan fingerprint density at radius 1 is 1.80 bits per heavy atom. The molecule has 1 aromatic rings. The first kappa shape index (κ1) is 10.1. The Bertz CT molecular complexity index is 342. The highest BCUT2D eigenvalue weighted by Crippen LogP contribution is 2.08. The van der Waals surface area contributed by atoms with Crippen molar-refractivity contribution in [3.05, 3.63) is 6.20 Å². The van der Waals surface area contributed by atoms with Gasteiger partial charge in [0.1, 0.15) is 0 Å². The standard InChI is InChI=1S/C9H15N5O/c1-7(15)11-9-6-14(13-12-9)5-8-3-2-4-10-8/h6,8,10H,2-5H2,1H3,(H,11,15). The predicted octanol–water partition coefficient (Wildman–Crippen LogP) is -0.0115. The average molecular weight is 209 g/mol. The van der Waals surface area contributed by atoms with Gasteiger partial charge in [0.05, 0.1) is 12.7 Å². The molecule has 0 spiro atoms. The van der Waals surface area contributed by atoms with Crippen molar-refractivity contribution in [1.82, 2.24) is 20.3 Å². The minimum Gasteiger partial charge on any atom is -0.312 e. The van der Waals surface area contributed by atoms with Crippen molar-refractivity contribution in [2.24, 2.45) is 0 Å². The molecule has 1 aromatic heterocycles. The summed E-state index contributed by atoms with van der Waals surface area (Å²) in [7, 11) is 0. The number of carbonyl (C=O) groups is 1. The van der Waals surface area contributed by atoms with Gasteiger partial charge in [0.15, 0.2) is 5.82 Å². The number of aromatic nitrogens is 3. The number of carbonyl (C=O) groups excluding carboxylic acids is 1. The fraction of sp³-hybridized carbons (Fsp3) is 0.667. The molecule has 1 amide bonds. The van der Waals surface area contributed by atoms with Gasteiger partial charge in [-0.25, -0.2) is 4.68 Å². The number of rotatable bonds is 3. The molecule has 82 valence electrons. The minimum absolute atomic E-state index is 0.124. The molecule has 15 heavy (non-hydrogen) atoms. The Morgan fingerprint density at radius 3 is 3.33 bits per heavy atom. The zero-order chi connectivity index (χ0) is 10.7. The van der Waals surface area contributed by atoms with Gasteiger partial charge in [0.25, 0.3) is 0 Å². The SMILES string of the molecule is CC(=O)Nc1cn(CC2CCCN2)nn1. The highest BCUT2D eigenvalue weighted by Gasteiger charge is 2.15. The van der Waals surface area contributed by atoms with E-state index in [0.717, 1.165) is 13.1 Å². The van der Waals surface area contributed by atoms with E-state index in [1.54, 1.807) is 10.9 Å². The second-order valence-corrected chi connectivity index (χ2v) is 3.80. The van der Waals surface area contributed by atoms with Crippen LogP contribution in [0.15, 0.2) is 6.20 Å². The van der Waals surface area contributed by atoms with Gasteiger partial charge in [-0.1, -0.05) is 5.21 Å². The smallest absolute Gasteiger partial charge is 0.222 e. The third-order valence-electron chi connectivity index (χ3n) is 2.41. The molecule has 2 N–H and O–H groups in total. The Hall–Kier alpha value is -1.43. The van der Waals surface area contributed by atoms with Gasteiger partial charge >= 0.3 is 0 Å². The Balaban J connectivity index is 1.91. The monoisotopic (exact) mass is 209 g/mol. The van der Waals surface area contributed by atoms with Gasteiger partial charge in [-0.3, -0.25) is 4.79 Å². The summed E-state index contributed by atoms with van der Waals surface area (Å²) in [6.45, 7) is 3.35. The Kier molecular flexibility index (Phi) is 2.96. The summed E-state index contributed by atoms with van der Waals surface area (Å²) in [5, 5.41) is 13.8. The van der Waals surface area contributed by atoms with E-state index in [2.05, 4.69) is 20.9 Å². The lowest BCUT2D eigenvalue weighted by atomic mass is 10.2. The van der Waals surface area contributed by atoms with Crippen molar-refractivity contribution in [2.75, 3.05) is 11.9 Å². The molecule has 2 heterocycles. The van der Waals surface area contributed by atoms with E-state index in [4.69, 9.17) is 0 Å². The van der Waals surface area contributed by atoms with Crippen molar-refractivity contribution >= 4 is 11.7 Å². The highest BCUT2D eigenvalue weighted by molar-refractivity contribution is 5.87. The zero-order valence-corrected chi connectivity index (χ0v) is 8.73. The molecule has 0 aromatic carbocycles. The molecule has 1 atom stereocenters. The van der Waals surface area contributed by atoms with Crippen LogP contribution in [0.3, 0.4) is 0 Å². The number of nitrogens with one attached hydrogen (secondary N) is 2. The summed E-state index contributed by atoms with van der Waals surface area (Å²) in [5.74, 6) is 0.390. The number of anilines is 1. The van der Waals surface area contributed by atoms with Gasteiger partial charge in [-0.15, -0.1) is 5.10 Å². The van der Waals surface area contributed by atoms with Crippen molar-refractivity contribution in [2.45, 2.75) is 32.4 Å². The first-order valence-electron chi connectivity index (χ1n) is 5.15. The lowest BCUT2D eigenvalue weighted by Gasteiger charge is -2.08. The molecule has 0 saturated carbocycles. The second kappa shape index (κ2) is 4.39. The molecule has 1 aliphatic heterocycles. The summed E-state index contributed by atoms with van der Waals surface area (Å²) >= 11 is 0. The zero-order valence-electron chi connectivity index (χ0n) is 8.73. The van der Waals surface area contributed by atoms with Crippen molar-refractivity contribution in [1.29, 1.82) is 0 Å². The fourth-order valence-corrected chi connectivity index (χ4v) is 1.76. The first-order chi connectivity index (χ1) is 7.24. The van der Waals surface area contributed by atoms with Gasteiger partial charge in [-0.2, -0.15) is 0 Å². The average Bonchev–Trinajstić information content (AvgIpc) is 2.77. The van der Waals surface area contributed by atoms with Gasteiger partial charge < -0.3 is 10.6 Å². The summed E-state index contributed by atoms with van der Waals surface area (Å²) in [5.41, 5.74) is 0. The molecule has 0 bridgehead atoms. The van der Waals surface area contributed by atoms with E-state index in [-0.39, 0.29) is 5.91 Å². The number of hydrogen-bond donors (Lipinski definition) is 2. The van der Waals surface area contributed by atoms with Crippen LogP contribution in [-0.4, -0.2) is 33.5 Å². The molecule has 1 fully saturated rings. The first-order valence-corrected chi connectivity index (χ1v) is 5.15. The maximum atomic E-state index is 10.8. The summed E-state index contributed by atoms with van der Waals surface area (Å²) in [6, 6.07) is 0.483. The largest absolute Gasteiger partial charge is 0.312 e. The maximum Gasteiger partial charge on any atom is 0.222 e. The Morgan fingerprint density at radius 2 is 2.67 bits per heavy atom. The van der Waals surface area contributed by atoms with Crippen LogP contribution in [0, 0.1) is 0 Å². The van der Waals surface area contributed by atoms with Crippen molar-refractivity contribution < 1.29 is 4.79 Å². The number of hydrogen-bond acceptors (Lipinski definition) is 4. The molecule has 1 saturated heterocycles. The van der Waals surface area contributed by atoms with Crippen LogP contribution < -0.4 is 10.6 Å². The maximum absolute atomic E-state index is 10.8. The van der Waals surface area contributed by atoms with Crippen LogP contribution in [0.25, 0.3) is 0 Å². The number of amides is 1. The fourth-order valence-electron chi connectivity index (χ4n) is 1.76. The third-order valence-corrected chi connectivity index (χ3v) is 2.41. The molecule has 0 aliphatic carbocycles. The van der Waals surface area contributed by atoms with E-state index >= 15 is 0 Å². The summed E-state index contributed by atoms with van der Waals surface area (Å²) in [4.78, 5) is 10.8. The highest BCUT2D eigenvalue weighted by atomic mass is 16.1. The quantitative estimate of drug-likeness (QED) is 0.734. The topological polar surface area (TPSA) is 71.8 Å². The number of nitrogens with zero attached hydrogens (tertiary/aromatic N) is 3. The van der Waals surface area contributed by atoms with Crippen LogP contribution in [0.2, 0.25) is 0 Å². The van der Waals surface area contributed by atoms with Crippen LogP contribution in [0.4, 0.5) is 5.82 Å². The minimum atomic E-state index is -0.124. The van der Waals surface area contributed by atoms with Gasteiger partial charge in [0, 0.05) is 13.0 Å². The molecule has 1 aliphatic rings. The molecule has 1 unspecified atom stereocenters. The molecular weight excluding hydrogens is 194 g/mol. The van der Waals surface area contributed by atoms with Crippen LogP contribution >= 0.6 is 0 Å². The molecular formula is C9H15N5O. The van der Waals surface area contributed by atoms with E-state index in [0.29, 0.717) is 11.9 Å². The van der Waals surface area contributed by atoms with Gasteiger partial charge in [0.2, 0.25) is 5.91 Å². The van der Waals surface area contributed by atoms with Gasteiger partial charge in [-0.05, 0) is 19.4 Å². The predicted molar refractivity (Wildman–Crippen MR) is 55.4 cm³/mol.